The van der Waals surface area contributed by atoms with Crippen LogP contribution in [0.5, 0.6) is 17.2 Å². The van der Waals surface area contributed by atoms with Gasteiger partial charge in [-0.3, -0.25) is 10.1 Å². The van der Waals surface area contributed by atoms with Crippen molar-refractivity contribution >= 4 is 21.6 Å². The maximum Gasteiger partial charge on any atom is 0.311 e. The highest BCUT2D eigenvalue weighted by Gasteiger charge is 2.45. The molecule has 172 valence electrons. The van der Waals surface area contributed by atoms with Crippen LogP contribution in [0.1, 0.15) is 42.4 Å². The van der Waals surface area contributed by atoms with Gasteiger partial charge in [0, 0.05) is 34.9 Å². The molecule has 0 N–H and O–H groups in total. The summed E-state index contributed by atoms with van der Waals surface area (Å²) in [5.74, 6) is 1.44. The molecule has 0 radical (unpaired) electrons. The number of methoxy groups -OCH3 is 1. The molecule has 3 aromatic rings. The Hall–Kier alpha value is -3.06. The molecule has 0 bridgehead atoms. The maximum absolute atomic E-state index is 11.9. The number of hydrogen-bond donors (Lipinski definition) is 0. The lowest BCUT2D eigenvalue weighted by Crippen LogP contribution is -2.43. The van der Waals surface area contributed by atoms with E-state index in [1.807, 2.05) is 42.5 Å². The molecule has 1 heterocycles. The van der Waals surface area contributed by atoms with E-state index >= 15 is 0 Å². The van der Waals surface area contributed by atoms with Crippen LogP contribution in [-0.2, 0) is 0 Å². The Bertz CT molecular complexity index is 1150. The molecular weight excluding hydrogens is 486 g/mol. The van der Waals surface area contributed by atoms with Gasteiger partial charge in [0.1, 0.15) is 17.1 Å². The molecule has 0 amide bonds. The zero-order valence-electron chi connectivity index (χ0n) is 18.8. The van der Waals surface area contributed by atoms with Gasteiger partial charge in [0.25, 0.3) is 0 Å². The quantitative estimate of drug-likeness (QED) is 0.206. The van der Waals surface area contributed by atoms with Gasteiger partial charge in [-0.2, -0.15) is 0 Å². The Labute approximate surface area is 201 Å². The number of nitro benzene ring substituents is 1. The molecule has 2 atom stereocenters. The van der Waals surface area contributed by atoms with Crippen molar-refractivity contribution in [1.82, 2.24) is 0 Å². The predicted molar refractivity (Wildman–Crippen MR) is 131 cm³/mol. The fraction of sp³-hybridized carbons (Fsp3) is 0.308. The number of nitro groups is 1. The number of benzene rings is 3. The van der Waals surface area contributed by atoms with Crippen LogP contribution in [0, 0.1) is 10.1 Å². The minimum Gasteiger partial charge on any atom is -0.497 e. The first-order valence-corrected chi connectivity index (χ1v) is 11.9. The Morgan fingerprint density at radius 3 is 2.48 bits per heavy atom. The topological polar surface area (TPSA) is 70.8 Å². The number of hydrogen-bond acceptors (Lipinski definition) is 5. The molecule has 7 heteroatoms. The van der Waals surface area contributed by atoms with Crippen molar-refractivity contribution in [2.45, 2.75) is 31.3 Å². The van der Waals surface area contributed by atoms with E-state index in [1.54, 1.807) is 19.2 Å². The van der Waals surface area contributed by atoms with Crippen LogP contribution in [0.2, 0.25) is 0 Å². The largest absolute Gasteiger partial charge is 0.497 e. The fourth-order valence-corrected chi connectivity index (χ4v) is 4.84. The normalized spacial score (nSPS) is 18.7. The molecule has 1 aliphatic rings. The Kier molecular flexibility index (Phi) is 6.61. The van der Waals surface area contributed by atoms with Crippen molar-refractivity contribution < 1.29 is 19.1 Å². The van der Waals surface area contributed by atoms with Crippen LogP contribution in [0.3, 0.4) is 0 Å². The average molecular weight is 512 g/mol. The van der Waals surface area contributed by atoms with E-state index in [4.69, 9.17) is 14.2 Å². The van der Waals surface area contributed by atoms with Crippen molar-refractivity contribution in [3.8, 4) is 17.2 Å². The van der Waals surface area contributed by atoms with E-state index in [2.05, 4.69) is 41.9 Å². The molecular formula is C26H26BrNO5. The van der Waals surface area contributed by atoms with Gasteiger partial charge in [-0.15, -0.1) is 0 Å². The number of alkyl halides is 1. The van der Waals surface area contributed by atoms with Crippen LogP contribution >= 0.6 is 15.9 Å². The summed E-state index contributed by atoms with van der Waals surface area (Å²) in [5, 5.41) is 12.5. The smallest absolute Gasteiger partial charge is 0.311 e. The standard InChI is InChI=1S/C26H26BrNO5/c1-26(2)25(17-7-5-4-6-8-17)24(20-11-10-19(31-3)16-23(20)33-26)18-9-12-22(32-14-13-27)21(15-18)28(29)30/h4-12,15-16,24-25H,13-14H2,1-3H3. The van der Waals surface area contributed by atoms with Gasteiger partial charge in [-0.1, -0.05) is 58.4 Å². The lowest BCUT2D eigenvalue weighted by molar-refractivity contribution is -0.385. The highest BCUT2D eigenvalue weighted by molar-refractivity contribution is 9.09. The summed E-state index contributed by atoms with van der Waals surface area (Å²) in [6, 6.07) is 21.2. The summed E-state index contributed by atoms with van der Waals surface area (Å²) >= 11 is 3.30. The van der Waals surface area contributed by atoms with Gasteiger partial charge in [-0.05, 0) is 37.1 Å². The second-order valence-corrected chi connectivity index (χ2v) is 9.29. The number of nitrogens with zero attached hydrogens (tertiary/aromatic N) is 1. The van der Waals surface area contributed by atoms with E-state index in [0.29, 0.717) is 17.7 Å². The molecule has 0 saturated heterocycles. The molecule has 0 aliphatic carbocycles. The summed E-state index contributed by atoms with van der Waals surface area (Å²) in [7, 11) is 1.62. The monoisotopic (exact) mass is 511 g/mol. The highest BCUT2D eigenvalue weighted by atomic mass is 79.9. The lowest BCUT2D eigenvalue weighted by Gasteiger charge is -2.45. The van der Waals surface area contributed by atoms with Gasteiger partial charge in [0.05, 0.1) is 18.6 Å². The second-order valence-electron chi connectivity index (χ2n) is 8.50. The number of rotatable bonds is 7. The van der Waals surface area contributed by atoms with Crippen molar-refractivity contribution in [3.05, 3.63) is 93.5 Å². The number of ether oxygens (including phenoxy) is 3. The van der Waals surface area contributed by atoms with Crippen molar-refractivity contribution in [1.29, 1.82) is 0 Å². The zero-order chi connectivity index (χ0) is 23.6. The molecule has 0 aromatic heterocycles. The minimum atomic E-state index is -0.578. The first-order valence-electron chi connectivity index (χ1n) is 10.7. The van der Waals surface area contributed by atoms with E-state index in [9.17, 15) is 10.1 Å². The molecule has 0 fully saturated rings. The van der Waals surface area contributed by atoms with E-state index in [0.717, 1.165) is 22.4 Å². The van der Waals surface area contributed by atoms with Gasteiger partial charge < -0.3 is 14.2 Å². The van der Waals surface area contributed by atoms with Crippen molar-refractivity contribution in [3.63, 3.8) is 0 Å². The molecule has 33 heavy (non-hydrogen) atoms. The third-order valence-corrected chi connectivity index (χ3v) is 6.37. The molecule has 3 aromatic carbocycles. The molecule has 6 nitrogen and oxygen atoms in total. The van der Waals surface area contributed by atoms with Crippen LogP contribution in [0.4, 0.5) is 5.69 Å². The van der Waals surface area contributed by atoms with Crippen molar-refractivity contribution in [2.24, 2.45) is 0 Å². The zero-order valence-corrected chi connectivity index (χ0v) is 20.4. The lowest BCUT2D eigenvalue weighted by atomic mass is 9.68. The predicted octanol–water partition coefficient (Wildman–Crippen LogP) is 6.46. The summed E-state index contributed by atoms with van der Waals surface area (Å²) in [4.78, 5) is 11.5. The molecule has 2 unspecified atom stereocenters. The van der Waals surface area contributed by atoms with Gasteiger partial charge >= 0.3 is 5.69 Å². The Balaban J connectivity index is 1.92. The van der Waals surface area contributed by atoms with Gasteiger partial charge in [0.2, 0.25) is 0 Å². The summed E-state index contributed by atoms with van der Waals surface area (Å²) in [5.41, 5.74) is 2.29. The van der Waals surface area contributed by atoms with E-state index in [1.165, 1.54) is 0 Å². The first kappa shape index (κ1) is 23.1. The van der Waals surface area contributed by atoms with Crippen LogP contribution in [0.25, 0.3) is 0 Å². The first-order chi connectivity index (χ1) is 15.9. The van der Waals surface area contributed by atoms with Crippen molar-refractivity contribution in [2.75, 3.05) is 19.0 Å². The SMILES string of the molecule is COc1ccc2c(c1)OC(C)(C)C(c1ccccc1)C2c1ccc(OCCBr)c([N+](=O)[O-])c1. The third kappa shape index (κ3) is 4.55. The Morgan fingerprint density at radius 1 is 1.06 bits per heavy atom. The summed E-state index contributed by atoms with van der Waals surface area (Å²) in [6.07, 6.45) is 0. The summed E-state index contributed by atoms with van der Waals surface area (Å²) in [6.45, 7) is 4.46. The summed E-state index contributed by atoms with van der Waals surface area (Å²) < 4.78 is 17.5. The highest BCUT2D eigenvalue weighted by Crippen LogP contribution is 2.54. The average Bonchev–Trinajstić information content (AvgIpc) is 2.81. The Morgan fingerprint density at radius 2 is 1.82 bits per heavy atom. The van der Waals surface area contributed by atoms with Gasteiger partial charge in [-0.25, -0.2) is 0 Å². The minimum absolute atomic E-state index is 0.0420. The van der Waals surface area contributed by atoms with E-state index < -0.39 is 5.60 Å². The molecule has 1 aliphatic heterocycles. The number of fused-ring (bicyclic) bond motifs is 1. The third-order valence-electron chi connectivity index (χ3n) is 6.04. The van der Waals surface area contributed by atoms with Crippen LogP contribution in [0.15, 0.2) is 66.7 Å². The molecule has 0 saturated carbocycles. The van der Waals surface area contributed by atoms with Crippen LogP contribution < -0.4 is 14.2 Å². The van der Waals surface area contributed by atoms with Gasteiger partial charge in [0.15, 0.2) is 5.75 Å². The number of halogens is 1. The second kappa shape index (κ2) is 9.43. The maximum atomic E-state index is 11.9. The van der Waals surface area contributed by atoms with Crippen LogP contribution in [-0.4, -0.2) is 29.6 Å². The molecule has 4 rings (SSSR count). The van der Waals surface area contributed by atoms with E-state index in [-0.39, 0.29) is 28.2 Å². The molecule has 0 spiro atoms. The fourth-order valence-electron chi connectivity index (χ4n) is 4.68.